The van der Waals surface area contributed by atoms with Crippen LogP contribution in [0.1, 0.15) is 32.1 Å². The molecule has 21 heavy (non-hydrogen) atoms. The molecule has 2 atom stereocenters. The van der Waals surface area contributed by atoms with Gasteiger partial charge < -0.3 is 20.7 Å². The third-order valence-corrected chi connectivity index (χ3v) is 3.61. The zero-order valence-electron chi connectivity index (χ0n) is 12.2. The first-order chi connectivity index (χ1) is 10.1. The number of nitrogens with zero attached hydrogens (tertiary/aromatic N) is 1. The summed E-state index contributed by atoms with van der Waals surface area (Å²) in [5.41, 5.74) is 5.36. The molecule has 0 radical (unpaired) electrons. The molecule has 0 amide bonds. The van der Waals surface area contributed by atoms with E-state index in [1.807, 2.05) is 0 Å². The van der Waals surface area contributed by atoms with Gasteiger partial charge >= 0.3 is 11.9 Å². The smallest absolute Gasteiger partial charge is 0.324 e. The molecule has 0 saturated carbocycles. The second-order valence-electron chi connectivity index (χ2n) is 5.10. The van der Waals surface area contributed by atoms with E-state index < -0.39 is 24.0 Å². The van der Waals surface area contributed by atoms with Gasteiger partial charge in [0.2, 0.25) is 0 Å². The molecular formula is C13H25N3O5. The molecule has 8 heteroatoms. The Bertz CT molecular complexity index is 340. The van der Waals surface area contributed by atoms with Crippen molar-refractivity contribution < 1.29 is 24.5 Å². The fraction of sp³-hybridized carbons (Fsp3) is 0.846. The van der Waals surface area contributed by atoms with Crippen molar-refractivity contribution in [2.75, 3.05) is 26.6 Å². The first-order valence-corrected chi connectivity index (χ1v) is 7.28. The average Bonchev–Trinajstić information content (AvgIpc) is 2.93. The van der Waals surface area contributed by atoms with Gasteiger partial charge in [0.25, 0.3) is 0 Å². The highest BCUT2D eigenvalue weighted by Crippen LogP contribution is 2.17. The minimum atomic E-state index is -0.971. The van der Waals surface area contributed by atoms with Crippen molar-refractivity contribution in [3.8, 4) is 0 Å². The number of hydrogen-bond donors (Lipinski definition) is 4. The summed E-state index contributed by atoms with van der Waals surface area (Å²) in [7, 11) is 0. The summed E-state index contributed by atoms with van der Waals surface area (Å²) in [5, 5.41) is 20.9. The number of carbonyl (C=O) groups is 2. The van der Waals surface area contributed by atoms with E-state index in [2.05, 4.69) is 5.32 Å². The van der Waals surface area contributed by atoms with E-state index in [0.29, 0.717) is 32.4 Å². The van der Waals surface area contributed by atoms with Crippen LogP contribution in [0.15, 0.2) is 0 Å². The van der Waals surface area contributed by atoms with Crippen LogP contribution in [0.25, 0.3) is 0 Å². The van der Waals surface area contributed by atoms with Crippen molar-refractivity contribution in [1.29, 1.82) is 0 Å². The predicted octanol–water partition coefficient (Wildman–Crippen LogP) is -0.927. The van der Waals surface area contributed by atoms with Crippen LogP contribution in [0.4, 0.5) is 0 Å². The van der Waals surface area contributed by atoms with E-state index in [-0.39, 0.29) is 13.5 Å². The number of nitrogens with one attached hydrogen (secondary N) is 1. The lowest BCUT2D eigenvalue weighted by Gasteiger charge is -2.21. The van der Waals surface area contributed by atoms with Gasteiger partial charge in [0.05, 0.1) is 6.73 Å². The van der Waals surface area contributed by atoms with Gasteiger partial charge in [0.1, 0.15) is 18.8 Å². The van der Waals surface area contributed by atoms with Crippen molar-refractivity contribution in [3.05, 3.63) is 0 Å². The maximum absolute atomic E-state index is 11.8. The number of hydrogen-bond acceptors (Lipinski definition) is 7. The molecule has 0 aromatic heterocycles. The van der Waals surface area contributed by atoms with Gasteiger partial charge in [-0.3, -0.25) is 19.8 Å². The van der Waals surface area contributed by atoms with Crippen LogP contribution in [-0.2, 0) is 14.3 Å². The number of carboxylic acid groups (broad SMARTS) is 1. The van der Waals surface area contributed by atoms with Crippen LogP contribution < -0.4 is 11.1 Å². The Labute approximate surface area is 124 Å². The monoisotopic (exact) mass is 303 g/mol. The number of rotatable bonds is 10. The molecule has 8 nitrogen and oxygen atoms in total. The quantitative estimate of drug-likeness (QED) is 0.232. The third-order valence-electron chi connectivity index (χ3n) is 3.61. The molecule has 1 fully saturated rings. The summed E-state index contributed by atoms with van der Waals surface area (Å²) in [5.74, 6) is -1.40. The van der Waals surface area contributed by atoms with Gasteiger partial charge in [-0.25, -0.2) is 0 Å². The highest BCUT2D eigenvalue weighted by molar-refractivity contribution is 5.76. The standard InChI is InChI=1S/C13H25N3O5/c14-6-2-1-4-10(12(18)19)15-8-21-13(20)11-5-3-7-16(11)9-17/h10-11,15,17H,1-9,14H2,(H,18,19)/t10-,11-/m0/s1. The highest BCUT2D eigenvalue weighted by Gasteiger charge is 2.31. The molecule has 0 aromatic carbocycles. The normalized spacial score (nSPS) is 20.4. The zero-order valence-corrected chi connectivity index (χ0v) is 12.2. The summed E-state index contributed by atoms with van der Waals surface area (Å²) < 4.78 is 5.05. The number of carboxylic acids is 1. The number of ether oxygens (including phenoxy) is 1. The van der Waals surface area contributed by atoms with E-state index in [0.717, 1.165) is 12.8 Å². The Hall–Kier alpha value is -1.22. The van der Waals surface area contributed by atoms with Crippen LogP contribution in [0, 0.1) is 0 Å². The maximum atomic E-state index is 11.8. The second-order valence-corrected chi connectivity index (χ2v) is 5.10. The van der Waals surface area contributed by atoms with Crippen molar-refractivity contribution in [2.24, 2.45) is 5.73 Å². The Morgan fingerprint density at radius 2 is 2.19 bits per heavy atom. The van der Waals surface area contributed by atoms with Gasteiger partial charge in [-0.15, -0.1) is 0 Å². The summed E-state index contributed by atoms with van der Waals surface area (Å²) in [4.78, 5) is 24.5. The number of aliphatic hydroxyl groups is 1. The SMILES string of the molecule is NCCCC[C@H](NCOC(=O)[C@@H]1CCCN1CO)C(=O)O. The largest absolute Gasteiger partial charge is 0.480 e. The number of unbranched alkanes of at least 4 members (excludes halogenated alkanes) is 1. The number of carbonyl (C=O) groups excluding carboxylic acids is 1. The zero-order chi connectivity index (χ0) is 15.7. The molecule has 5 N–H and O–H groups in total. The molecule has 0 unspecified atom stereocenters. The molecule has 0 spiro atoms. The molecule has 1 aliphatic rings. The van der Waals surface area contributed by atoms with Crippen LogP contribution in [-0.4, -0.2) is 65.7 Å². The van der Waals surface area contributed by atoms with E-state index in [9.17, 15) is 9.59 Å². The van der Waals surface area contributed by atoms with Gasteiger partial charge in [-0.05, 0) is 32.2 Å². The number of aliphatic hydroxyl groups excluding tert-OH is 1. The number of esters is 1. The lowest BCUT2D eigenvalue weighted by atomic mass is 10.1. The van der Waals surface area contributed by atoms with Gasteiger partial charge in [-0.1, -0.05) is 6.42 Å². The van der Waals surface area contributed by atoms with Gasteiger partial charge in [0.15, 0.2) is 0 Å². The molecule has 0 aromatic rings. The van der Waals surface area contributed by atoms with Crippen LogP contribution in [0.3, 0.4) is 0 Å². The summed E-state index contributed by atoms with van der Waals surface area (Å²) >= 11 is 0. The molecule has 0 aliphatic carbocycles. The minimum Gasteiger partial charge on any atom is -0.480 e. The summed E-state index contributed by atoms with van der Waals surface area (Å²) in [6.45, 7) is 0.874. The van der Waals surface area contributed by atoms with E-state index in [1.165, 1.54) is 0 Å². The second kappa shape index (κ2) is 9.67. The van der Waals surface area contributed by atoms with Crippen molar-refractivity contribution >= 4 is 11.9 Å². The molecule has 1 aliphatic heterocycles. The van der Waals surface area contributed by atoms with E-state index in [4.69, 9.17) is 20.7 Å². The Morgan fingerprint density at radius 3 is 2.81 bits per heavy atom. The maximum Gasteiger partial charge on any atom is 0.324 e. The topological polar surface area (TPSA) is 125 Å². The molecule has 1 rings (SSSR count). The number of likely N-dealkylation sites (tertiary alicyclic amines) is 1. The Morgan fingerprint density at radius 1 is 1.43 bits per heavy atom. The van der Waals surface area contributed by atoms with E-state index >= 15 is 0 Å². The van der Waals surface area contributed by atoms with Crippen molar-refractivity contribution in [2.45, 2.75) is 44.2 Å². The van der Waals surface area contributed by atoms with Crippen molar-refractivity contribution in [3.63, 3.8) is 0 Å². The number of nitrogens with two attached hydrogens (primary N) is 1. The Kier molecular flexibility index (Phi) is 8.21. The van der Waals surface area contributed by atoms with E-state index in [1.54, 1.807) is 4.90 Å². The number of aliphatic carboxylic acids is 1. The molecule has 1 heterocycles. The van der Waals surface area contributed by atoms with Gasteiger partial charge in [-0.2, -0.15) is 0 Å². The van der Waals surface area contributed by atoms with Gasteiger partial charge in [0, 0.05) is 6.54 Å². The first-order valence-electron chi connectivity index (χ1n) is 7.28. The predicted molar refractivity (Wildman–Crippen MR) is 75.2 cm³/mol. The molecule has 1 saturated heterocycles. The molecular weight excluding hydrogens is 278 g/mol. The lowest BCUT2D eigenvalue weighted by Crippen LogP contribution is -2.42. The minimum absolute atomic E-state index is 0.145. The summed E-state index contributed by atoms with van der Waals surface area (Å²) in [6.07, 6.45) is 3.40. The highest BCUT2D eigenvalue weighted by atomic mass is 16.5. The summed E-state index contributed by atoms with van der Waals surface area (Å²) in [6, 6.07) is -1.18. The van der Waals surface area contributed by atoms with Crippen molar-refractivity contribution in [1.82, 2.24) is 10.2 Å². The third kappa shape index (κ3) is 5.96. The average molecular weight is 303 g/mol. The molecule has 122 valence electrons. The fourth-order valence-corrected chi connectivity index (χ4v) is 2.38. The first kappa shape index (κ1) is 17.8. The van der Waals surface area contributed by atoms with Crippen LogP contribution in [0.5, 0.6) is 0 Å². The van der Waals surface area contributed by atoms with Crippen LogP contribution in [0.2, 0.25) is 0 Å². The van der Waals surface area contributed by atoms with Crippen LogP contribution >= 0.6 is 0 Å². The molecule has 0 bridgehead atoms. The fourth-order valence-electron chi connectivity index (χ4n) is 2.38. The lowest BCUT2D eigenvalue weighted by molar-refractivity contribution is -0.153. The Balaban J connectivity index is 2.29.